The average Bonchev–Trinajstić information content (AvgIpc) is 2.78. The van der Waals surface area contributed by atoms with Crippen LogP contribution in [0.5, 0.6) is 0 Å². The van der Waals surface area contributed by atoms with E-state index >= 15 is 0 Å². The summed E-state index contributed by atoms with van der Waals surface area (Å²) in [7, 11) is 0. The molecule has 3 heterocycles. The van der Waals surface area contributed by atoms with Crippen LogP contribution in [0.3, 0.4) is 0 Å². The molecule has 0 spiro atoms. The van der Waals surface area contributed by atoms with Crippen molar-refractivity contribution in [2.45, 2.75) is 103 Å². The summed E-state index contributed by atoms with van der Waals surface area (Å²) in [6, 6.07) is -0.223. The van der Waals surface area contributed by atoms with Gasteiger partial charge in [-0.2, -0.15) is 0 Å². The number of likely N-dealkylation sites (tertiary alicyclic amines) is 1. The molecule has 0 aliphatic carbocycles. The van der Waals surface area contributed by atoms with Crippen molar-refractivity contribution in [3.8, 4) is 0 Å². The summed E-state index contributed by atoms with van der Waals surface area (Å²) < 4.78 is 15.8. The Morgan fingerprint density at radius 1 is 1.32 bits per heavy atom. The molecule has 1 N–H and O–H groups in total. The van der Waals surface area contributed by atoms with Gasteiger partial charge < -0.3 is 29.3 Å². The second kappa shape index (κ2) is 11.2. The molecule has 0 bridgehead atoms. The first kappa shape index (κ1) is 29.3. The molecule has 37 heavy (non-hydrogen) atoms. The molecule has 206 valence electrons. The topological polar surface area (TPSA) is 97.4 Å². The number of ether oxygens (including phenoxy) is 3. The van der Waals surface area contributed by atoms with Crippen LogP contribution in [-0.2, 0) is 23.8 Å². The van der Waals surface area contributed by atoms with Crippen LogP contribution >= 0.6 is 11.8 Å². The lowest BCUT2D eigenvalue weighted by Crippen LogP contribution is -2.60. The number of amides is 3. The van der Waals surface area contributed by atoms with Crippen molar-refractivity contribution >= 4 is 29.7 Å². The van der Waals surface area contributed by atoms with Crippen molar-refractivity contribution in [3.63, 3.8) is 0 Å². The number of nitrogens with one attached hydrogen (secondary N) is 1. The van der Waals surface area contributed by atoms with E-state index in [1.165, 1.54) is 11.8 Å². The van der Waals surface area contributed by atoms with Crippen molar-refractivity contribution in [3.05, 3.63) is 34.9 Å². The predicted octanol–water partition coefficient (Wildman–Crippen LogP) is 4.31. The minimum Gasteiger partial charge on any atom is -0.444 e. The van der Waals surface area contributed by atoms with Gasteiger partial charge in [0.2, 0.25) is 11.8 Å². The predicted molar refractivity (Wildman–Crippen MR) is 143 cm³/mol. The van der Waals surface area contributed by atoms with Crippen molar-refractivity contribution < 1.29 is 28.6 Å². The van der Waals surface area contributed by atoms with E-state index in [0.29, 0.717) is 24.4 Å². The standard InChI is InChI=1S/C27H41N3O6S/c1-10-21-20(28-23(32)27(9,37-21)24-34-18(5)35-24)14-17(4)22(31)30(16(2)3)19-12-11-13-29(15-19)25(33)36-26(6,7)8/h10,14,16,18-19,24H,1,11-13,15H2,2-9H3,(H,28,32)/b17-14+/t18?,19-,24?,27?/m1/s1. The van der Waals surface area contributed by atoms with Gasteiger partial charge in [-0.25, -0.2) is 4.79 Å². The molecule has 3 aliphatic rings. The quantitative estimate of drug-likeness (QED) is 0.506. The van der Waals surface area contributed by atoms with Crippen LogP contribution < -0.4 is 5.32 Å². The van der Waals surface area contributed by atoms with Crippen molar-refractivity contribution in [1.82, 2.24) is 15.1 Å². The number of carbonyl (C=O) groups excluding carboxylic acids is 3. The number of hydrogen-bond donors (Lipinski definition) is 1. The van der Waals surface area contributed by atoms with Crippen LogP contribution in [0.4, 0.5) is 4.79 Å². The average molecular weight is 536 g/mol. The summed E-state index contributed by atoms with van der Waals surface area (Å²) in [5, 5.41) is 2.92. The summed E-state index contributed by atoms with van der Waals surface area (Å²) >= 11 is 1.31. The molecule has 0 aromatic carbocycles. The Balaban J connectivity index is 1.79. The van der Waals surface area contributed by atoms with Gasteiger partial charge in [0.05, 0.1) is 11.7 Å². The Morgan fingerprint density at radius 3 is 2.51 bits per heavy atom. The molecule has 2 saturated heterocycles. The molecular weight excluding hydrogens is 494 g/mol. The van der Waals surface area contributed by atoms with E-state index in [2.05, 4.69) is 11.9 Å². The summed E-state index contributed by atoms with van der Waals surface area (Å²) in [6.07, 6.45) is 3.56. The number of rotatable bonds is 6. The Morgan fingerprint density at radius 2 is 1.97 bits per heavy atom. The fraction of sp³-hybridized carbons (Fsp3) is 0.667. The monoisotopic (exact) mass is 535 g/mol. The SMILES string of the molecule is C=CC1=C(/C=C(\C)C(=O)N(C(C)C)[C@@H]2CCCN(C(=O)OC(C)(C)C)C2)NC(=O)C(C)(C2OC(C)O2)S1. The highest BCUT2D eigenvalue weighted by atomic mass is 32.2. The van der Waals surface area contributed by atoms with Crippen LogP contribution in [0, 0.1) is 0 Å². The van der Waals surface area contributed by atoms with Gasteiger partial charge in [-0.05, 0) is 74.3 Å². The molecule has 3 aliphatic heterocycles. The molecule has 9 nitrogen and oxygen atoms in total. The molecule has 0 saturated carbocycles. The summed E-state index contributed by atoms with van der Waals surface area (Å²) in [5.41, 5.74) is 0.413. The molecule has 2 fully saturated rings. The zero-order chi connectivity index (χ0) is 27.7. The van der Waals surface area contributed by atoms with Gasteiger partial charge >= 0.3 is 6.09 Å². The van der Waals surface area contributed by atoms with Crippen LogP contribution in [0.15, 0.2) is 34.9 Å². The minimum absolute atomic E-state index is 0.0826. The fourth-order valence-corrected chi connectivity index (χ4v) is 5.76. The molecule has 10 heteroatoms. The smallest absolute Gasteiger partial charge is 0.410 e. The Hall–Kier alpha value is -2.30. The zero-order valence-corrected chi connectivity index (χ0v) is 24.1. The van der Waals surface area contributed by atoms with Gasteiger partial charge in [-0.3, -0.25) is 9.59 Å². The normalized spacial score (nSPS) is 29.0. The molecule has 0 aromatic rings. The number of hydrogen-bond acceptors (Lipinski definition) is 7. The molecular formula is C27H41N3O6S. The lowest BCUT2D eigenvalue weighted by atomic mass is 10.0. The largest absolute Gasteiger partial charge is 0.444 e. The van der Waals surface area contributed by atoms with Crippen molar-refractivity contribution in [1.29, 1.82) is 0 Å². The van der Waals surface area contributed by atoms with Gasteiger partial charge in [-0.15, -0.1) is 11.8 Å². The van der Waals surface area contributed by atoms with E-state index in [0.717, 1.165) is 17.7 Å². The maximum atomic E-state index is 13.7. The summed E-state index contributed by atoms with van der Waals surface area (Å²) in [4.78, 5) is 43.6. The molecule has 3 amide bonds. The highest BCUT2D eigenvalue weighted by Crippen LogP contribution is 2.45. The molecule has 0 aromatic heterocycles. The zero-order valence-electron chi connectivity index (χ0n) is 23.3. The number of piperidine rings is 1. The Labute approximate surface area is 224 Å². The first-order valence-electron chi connectivity index (χ1n) is 12.8. The second-order valence-corrected chi connectivity index (χ2v) is 12.7. The van der Waals surface area contributed by atoms with E-state index in [1.807, 2.05) is 39.5 Å². The first-order chi connectivity index (χ1) is 17.2. The maximum Gasteiger partial charge on any atom is 0.410 e. The number of allylic oxidation sites excluding steroid dienone is 2. The van der Waals surface area contributed by atoms with E-state index in [-0.39, 0.29) is 36.3 Å². The highest BCUT2D eigenvalue weighted by Gasteiger charge is 2.52. The third-order valence-corrected chi connectivity index (χ3v) is 7.89. The molecule has 2 atom stereocenters. The van der Waals surface area contributed by atoms with Crippen LogP contribution in [0.2, 0.25) is 0 Å². The van der Waals surface area contributed by atoms with E-state index in [1.54, 1.807) is 37.8 Å². The number of nitrogens with zero attached hydrogens (tertiary/aromatic N) is 2. The fourth-order valence-electron chi connectivity index (χ4n) is 4.65. The van der Waals surface area contributed by atoms with Crippen molar-refractivity contribution in [2.75, 3.05) is 13.1 Å². The molecule has 3 rings (SSSR count). The van der Waals surface area contributed by atoms with E-state index in [9.17, 15) is 14.4 Å². The second-order valence-electron chi connectivity index (χ2n) is 11.2. The van der Waals surface area contributed by atoms with Gasteiger partial charge in [-0.1, -0.05) is 12.7 Å². The van der Waals surface area contributed by atoms with Gasteiger partial charge in [0, 0.05) is 29.6 Å². The van der Waals surface area contributed by atoms with E-state index < -0.39 is 16.6 Å². The first-order valence-corrected chi connectivity index (χ1v) is 13.6. The van der Waals surface area contributed by atoms with E-state index in [4.69, 9.17) is 14.2 Å². The third-order valence-electron chi connectivity index (χ3n) is 6.48. The number of thioether (sulfide) groups is 1. The van der Waals surface area contributed by atoms with Gasteiger partial charge in [0.25, 0.3) is 0 Å². The minimum atomic E-state index is -0.970. The highest BCUT2D eigenvalue weighted by molar-refractivity contribution is 8.05. The Bertz CT molecular complexity index is 995. The lowest BCUT2D eigenvalue weighted by molar-refractivity contribution is -0.380. The number of carbonyl (C=O) groups is 3. The Kier molecular flexibility index (Phi) is 8.86. The van der Waals surface area contributed by atoms with Crippen LogP contribution in [0.1, 0.15) is 68.2 Å². The van der Waals surface area contributed by atoms with Gasteiger partial charge in [0.15, 0.2) is 12.6 Å². The molecule has 1 unspecified atom stereocenters. The lowest BCUT2D eigenvalue weighted by Gasteiger charge is -2.45. The van der Waals surface area contributed by atoms with Crippen LogP contribution in [0.25, 0.3) is 0 Å². The third kappa shape index (κ3) is 6.59. The summed E-state index contributed by atoms with van der Waals surface area (Å²) in [6.45, 7) is 19.7. The molecule has 0 radical (unpaired) electrons. The summed E-state index contributed by atoms with van der Waals surface area (Å²) in [5.74, 6) is -0.401. The van der Waals surface area contributed by atoms with Gasteiger partial charge in [0.1, 0.15) is 10.3 Å². The van der Waals surface area contributed by atoms with Crippen molar-refractivity contribution in [2.24, 2.45) is 0 Å². The van der Waals surface area contributed by atoms with Crippen LogP contribution in [-0.4, -0.2) is 75.8 Å². The maximum absolute atomic E-state index is 13.7.